The van der Waals surface area contributed by atoms with Crippen molar-refractivity contribution in [3.05, 3.63) is 28.8 Å². The summed E-state index contributed by atoms with van der Waals surface area (Å²) in [6, 6.07) is 3.02. The van der Waals surface area contributed by atoms with Crippen molar-refractivity contribution in [2.75, 3.05) is 32.9 Å². The predicted octanol–water partition coefficient (Wildman–Crippen LogP) is 0.231. The van der Waals surface area contributed by atoms with Crippen LogP contribution < -0.4 is 10.8 Å². The zero-order valence-corrected chi connectivity index (χ0v) is 18.1. The molecule has 0 aromatic heterocycles. The van der Waals surface area contributed by atoms with Gasteiger partial charge in [-0.25, -0.2) is 4.79 Å². The van der Waals surface area contributed by atoms with E-state index in [9.17, 15) is 14.6 Å². The van der Waals surface area contributed by atoms with E-state index in [1.165, 1.54) is 0 Å². The number of benzene rings is 1. The van der Waals surface area contributed by atoms with Crippen molar-refractivity contribution in [1.82, 2.24) is 10.2 Å². The highest BCUT2D eigenvalue weighted by molar-refractivity contribution is 6.62. The van der Waals surface area contributed by atoms with Crippen molar-refractivity contribution >= 4 is 24.5 Å². The van der Waals surface area contributed by atoms with Crippen LogP contribution >= 0.6 is 0 Å². The van der Waals surface area contributed by atoms with Crippen LogP contribution in [0.15, 0.2) is 12.1 Å². The van der Waals surface area contributed by atoms with E-state index in [0.717, 1.165) is 12.1 Å². The maximum atomic E-state index is 12.9. The van der Waals surface area contributed by atoms with E-state index >= 15 is 0 Å². The molecule has 0 radical (unpaired) electrons. The number of morpholine rings is 1. The number of amides is 1. The zero-order chi connectivity index (χ0) is 21.8. The molecular formula is C21H31BN2O6. The molecule has 1 aromatic carbocycles. The molecule has 1 aromatic rings. The number of esters is 1. The highest BCUT2D eigenvalue weighted by Crippen LogP contribution is 2.17. The summed E-state index contributed by atoms with van der Waals surface area (Å²) in [6.45, 7) is 11.0. The summed E-state index contributed by atoms with van der Waals surface area (Å²) in [7, 11) is -1.03. The molecule has 1 fully saturated rings. The predicted molar refractivity (Wildman–Crippen MR) is 112 cm³/mol. The molecule has 2 aliphatic heterocycles. The third kappa shape index (κ3) is 5.03. The summed E-state index contributed by atoms with van der Waals surface area (Å²) in [5.74, 6) is -0.944. The van der Waals surface area contributed by atoms with Gasteiger partial charge in [0.15, 0.2) is 0 Å². The monoisotopic (exact) mass is 418 g/mol. The van der Waals surface area contributed by atoms with E-state index < -0.39 is 19.1 Å². The van der Waals surface area contributed by atoms with E-state index in [0.29, 0.717) is 49.0 Å². The molecule has 2 aliphatic rings. The van der Waals surface area contributed by atoms with Crippen LogP contribution in [-0.2, 0) is 25.5 Å². The van der Waals surface area contributed by atoms with E-state index in [2.05, 4.69) is 17.1 Å². The molecular weight excluding hydrogens is 387 g/mol. The van der Waals surface area contributed by atoms with Gasteiger partial charge in [-0.15, -0.1) is 0 Å². The SMILES string of the molecule is Cc1c(C(=O)N[C@H](C(=O)OCCN2CCOCC2C)C(C)C)ccc2c1B(O)OC2. The second-order valence-corrected chi connectivity index (χ2v) is 8.30. The normalized spacial score (nSPS) is 20.2. The Morgan fingerprint density at radius 3 is 2.87 bits per heavy atom. The number of nitrogens with one attached hydrogen (secondary N) is 1. The van der Waals surface area contributed by atoms with Crippen LogP contribution in [0.1, 0.15) is 42.3 Å². The Morgan fingerprint density at radius 1 is 1.40 bits per heavy atom. The van der Waals surface area contributed by atoms with Gasteiger partial charge in [-0.2, -0.15) is 0 Å². The first-order valence-corrected chi connectivity index (χ1v) is 10.5. The summed E-state index contributed by atoms with van der Waals surface area (Å²) in [4.78, 5) is 27.8. The third-order valence-corrected chi connectivity index (χ3v) is 5.83. The smallest absolute Gasteiger partial charge is 0.463 e. The Hall–Kier alpha value is -1.94. The number of hydrogen-bond donors (Lipinski definition) is 2. The van der Waals surface area contributed by atoms with Crippen LogP contribution in [0, 0.1) is 12.8 Å². The van der Waals surface area contributed by atoms with Gasteiger partial charge >= 0.3 is 13.1 Å². The van der Waals surface area contributed by atoms with Crippen LogP contribution in [0.3, 0.4) is 0 Å². The topological polar surface area (TPSA) is 97.3 Å². The fourth-order valence-corrected chi connectivity index (χ4v) is 3.92. The molecule has 2 atom stereocenters. The van der Waals surface area contributed by atoms with E-state index in [1.807, 2.05) is 13.8 Å². The molecule has 3 rings (SSSR count). The quantitative estimate of drug-likeness (QED) is 0.483. The van der Waals surface area contributed by atoms with Gasteiger partial charge in [0.25, 0.3) is 5.91 Å². The number of carbonyl (C=O) groups is 2. The number of rotatable bonds is 7. The van der Waals surface area contributed by atoms with Gasteiger partial charge in [-0.1, -0.05) is 19.9 Å². The molecule has 0 bridgehead atoms. The minimum absolute atomic E-state index is 0.132. The summed E-state index contributed by atoms with van der Waals surface area (Å²) in [6.07, 6.45) is 0. The number of ether oxygens (including phenoxy) is 2. The maximum absolute atomic E-state index is 12.9. The van der Waals surface area contributed by atoms with Crippen molar-refractivity contribution in [1.29, 1.82) is 0 Å². The number of hydrogen-bond acceptors (Lipinski definition) is 7. The van der Waals surface area contributed by atoms with E-state index in [-0.39, 0.29) is 18.4 Å². The second-order valence-electron chi connectivity index (χ2n) is 8.30. The molecule has 0 aliphatic carbocycles. The molecule has 1 amide bonds. The molecule has 2 heterocycles. The largest absolute Gasteiger partial charge is 0.492 e. The van der Waals surface area contributed by atoms with Crippen molar-refractivity contribution in [2.24, 2.45) is 5.92 Å². The Kier molecular flexibility index (Phi) is 7.52. The first-order chi connectivity index (χ1) is 14.3. The standard InChI is InChI=1S/C21H31BN2O6/c1-13(2)19(21(26)29-10-8-24-7-9-28-11-14(24)3)23-20(25)17-6-5-16-12-30-22(27)18(16)15(17)4/h5-6,13-14,19,27H,7-12H2,1-4H3,(H,23,25)/t14?,19-/m0/s1. The van der Waals surface area contributed by atoms with Crippen LogP contribution in [0.25, 0.3) is 0 Å². The highest BCUT2D eigenvalue weighted by Gasteiger charge is 2.32. The molecule has 1 unspecified atom stereocenters. The van der Waals surface area contributed by atoms with Gasteiger partial charge in [0, 0.05) is 24.7 Å². The lowest BCUT2D eigenvalue weighted by molar-refractivity contribution is -0.148. The first kappa shape index (κ1) is 22.7. The van der Waals surface area contributed by atoms with Gasteiger partial charge < -0.3 is 24.5 Å². The van der Waals surface area contributed by atoms with Gasteiger partial charge in [-0.3, -0.25) is 9.69 Å². The molecule has 2 N–H and O–H groups in total. The minimum Gasteiger partial charge on any atom is -0.463 e. The maximum Gasteiger partial charge on any atom is 0.492 e. The van der Waals surface area contributed by atoms with Crippen molar-refractivity contribution in [3.63, 3.8) is 0 Å². The fourth-order valence-electron chi connectivity index (χ4n) is 3.92. The van der Waals surface area contributed by atoms with Crippen molar-refractivity contribution in [2.45, 2.75) is 46.4 Å². The number of carbonyl (C=O) groups excluding carboxylic acids is 2. The molecule has 9 heteroatoms. The average Bonchev–Trinajstić information content (AvgIpc) is 3.09. The first-order valence-electron chi connectivity index (χ1n) is 10.5. The van der Waals surface area contributed by atoms with E-state index in [1.54, 1.807) is 19.1 Å². The van der Waals surface area contributed by atoms with Crippen LogP contribution in [0.4, 0.5) is 0 Å². The molecule has 0 spiro atoms. The summed E-state index contributed by atoms with van der Waals surface area (Å²) < 4.78 is 16.1. The molecule has 1 saturated heterocycles. The zero-order valence-electron chi connectivity index (χ0n) is 18.1. The van der Waals surface area contributed by atoms with Gasteiger partial charge in [0.1, 0.15) is 12.6 Å². The van der Waals surface area contributed by atoms with Crippen LogP contribution in [0.5, 0.6) is 0 Å². The Balaban J connectivity index is 1.60. The van der Waals surface area contributed by atoms with Gasteiger partial charge in [0.2, 0.25) is 0 Å². The Morgan fingerprint density at radius 2 is 2.17 bits per heavy atom. The minimum atomic E-state index is -1.03. The summed E-state index contributed by atoms with van der Waals surface area (Å²) >= 11 is 0. The lowest BCUT2D eigenvalue weighted by Gasteiger charge is -2.33. The molecule has 30 heavy (non-hydrogen) atoms. The van der Waals surface area contributed by atoms with Crippen molar-refractivity contribution < 1.29 is 28.7 Å². The molecule has 8 nitrogen and oxygen atoms in total. The van der Waals surface area contributed by atoms with Crippen LogP contribution in [-0.4, -0.2) is 73.9 Å². The Labute approximate surface area is 178 Å². The number of fused-ring (bicyclic) bond motifs is 1. The molecule has 0 saturated carbocycles. The average molecular weight is 418 g/mol. The van der Waals surface area contributed by atoms with Gasteiger partial charge in [0.05, 0.1) is 19.8 Å². The lowest BCUT2D eigenvalue weighted by atomic mass is 9.75. The second kappa shape index (κ2) is 9.91. The number of nitrogens with zero attached hydrogens (tertiary/aromatic N) is 1. The fraction of sp³-hybridized carbons (Fsp3) is 0.619. The molecule has 164 valence electrons. The summed E-state index contributed by atoms with van der Waals surface area (Å²) in [5.41, 5.74) is 2.57. The van der Waals surface area contributed by atoms with E-state index in [4.69, 9.17) is 14.1 Å². The van der Waals surface area contributed by atoms with Crippen molar-refractivity contribution in [3.8, 4) is 0 Å². The van der Waals surface area contributed by atoms with Gasteiger partial charge in [-0.05, 0) is 42.4 Å². The summed E-state index contributed by atoms with van der Waals surface area (Å²) in [5, 5.41) is 12.8. The highest BCUT2D eigenvalue weighted by atomic mass is 16.5. The van der Waals surface area contributed by atoms with Crippen LogP contribution in [0.2, 0.25) is 0 Å². The Bertz CT molecular complexity index is 787. The lowest BCUT2D eigenvalue weighted by Crippen LogP contribution is -2.48. The third-order valence-electron chi connectivity index (χ3n) is 5.83.